The number of carbonyl (C=O) groups excluding carboxylic acids is 1. The number of aromatic nitrogens is 1. The predicted molar refractivity (Wildman–Crippen MR) is 93.4 cm³/mol. The molecular formula is C16H18BrN3OS. The minimum Gasteiger partial charge on any atom is -0.340 e. The lowest BCUT2D eigenvalue weighted by Crippen LogP contribution is -2.33. The fourth-order valence-electron chi connectivity index (χ4n) is 1.85. The molecule has 2 aromatic rings. The lowest BCUT2D eigenvalue weighted by molar-refractivity contribution is 0.0793. The molecule has 0 aliphatic heterocycles. The number of carbonyl (C=O) groups is 1. The molecule has 1 heterocycles. The van der Waals surface area contributed by atoms with Crippen molar-refractivity contribution in [1.29, 1.82) is 0 Å². The Bertz CT molecular complexity index is 634. The van der Waals surface area contributed by atoms with Crippen molar-refractivity contribution >= 4 is 33.6 Å². The van der Waals surface area contributed by atoms with Crippen LogP contribution in [0.3, 0.4) is 0 Å². The van der Waals surface area contributed by atoms with Gasteiger partial charge in [0.15, 0.2) is 0 Å². The summed E-state index contributed by atoms with van der Waals surface area (Å²) < 4.78 is 0.938. The van der Waals surface area contributed by atoms with Gasteiger partial charge in [0, 0.05) is 35.7 Å². The maximum atomic E-state index is 12.6. The normalized spacial score (nSPS) is 10.5. The molecule has 0 aliphatic rings. The summed E-state index contributed by atoms with van der Waals surface area (Å²) in [5.41, 5.74) is 0.704. The van der Waals surface area contributed by atoms with Gasteiger partial charge in [-0.05, 0) is 47.2 Å². The Kier molecular flexibility index (Phi) is 6.42. The summed E-state index contributed by atoms with van der Waals surface area (Å²) in [5, 5.41) is 3.91. The maximum absolute atomic E-state index is 12.6. The first-order valence-electron chi connectivity index (χ1n) is 6.90. The standard InChI is InChI=1S/C16H18BrN3OS/c1-18-9-10-20(2)16(21)13-5-3-4-6-14(13)22-15-8-7-12(17)11-19-15/h3-8,11,18H,9-10H2,1-2H3. The van der Waals surface area contributed by atoms with E-state index in [9.17, 15) is 4.79 Å². The molecule has 0 unspecified atom stereocenters. The fourth-order valence-corrected chi connectivity index (χ4v) is 2.97. The summed E-state index contributed by atoms with van der Waals surface area (Å²) in [7, 11) is 3.69. The zero-order valence-electron chi connectivity index (χ0n) is 12.5. The molecule has 0 fully saturated rings. The minimum absolute atomic E-state index is 0.0236. The van der Waals surface area contributed by atoms with Crippen molar-refractivity contribution in [2.75, 3.05) is 27.2 Å². The van der Waals surface area contributed by atoms with Gasteiger partial charge < -0.3 is 10.2 Å². The van der Waals surface area contributed by atoms with Gasteiger partial charge in [-0.1, -0.05) is 23.9 Å². The molecule has 0 bridgehead atoms. The molecule has 4 nitrogen and oxygen atoms in total. The molecule has 0 spiro atoms. The zero-order chi connectivity index (χ0) is 15.9. The maximum Gasteiger partial charge on any atom is 0.254 e. The molecule has 1 aromatic carbocycles. The molecule has 6 heteroatoms. The summed E-state index contributed by atoms with van der Waals surface area (Å²) in [6.07, 6.45) is 1.76. The number of hydrogen-bond acceptors (Lipinski definition) is 4. The van der Waals surface area contributed by atoms with E-state index in [1.54, 1.807) is 11.1 Å². The SMILES string of the molecule is CNCCN(C)C(=O)c1ccccc1Sc1ccc(Br)cn1. The van der Waals surface area contributed by atoms with E-state index in [1.165, 1.54) is 11.8 Å². The number of likely N-dealkylation sites (N-methyl/N-ethyl adjacent to an activating group) is 2. The number of benzene rings is 1. The lowest BCUT2D eigenvalue weighted by Gasteiger charge is -2.18. The van der Waals surface area contributed by atoms with Crippen LogP contribution in [0.15, 0.2) is 57.0 Å². The molecule has 22 heavy (non-hydrogen) atoms. The Hall–Kier alpha value is -1.37. The van der Waals surface area contributed by atoms with E-state index < -0.39 is 0 Å². The highest BCUT2D eigenvalue weighted by Gasteiger charge is 2.16. The third-order valence-electron chi connectivity index (χ3n) is 3.08. The fraction of sp³-hybridized carbons (Fsp3) is 0.250. The highest BCUT2D eigenvalue weighted by atomic mass is 79.9. The molecule has 0 saturated carbocycles. The second kappa shape index (κ2) is 8.31. The van der Waals surface area contributed by atoms with Crippen molar-refractivity contribution in [3.63, 3.8) is 0 Å². The zero-order valence-corrected chi connectivity index (χ0v) is 14.9. The summed E-state index contributed by atoms with van der Waals surface area (Å²) in [6.45, 7) is 1.44. The highest BCUT2D eigenvalue weighted by molar-refractivity contribution is 9.10. The third kappa shape index (κ3) is 4.56. The number of hydrogen-bond donors (Lipinski definition) is 1. The van der Waals surface area contributed by atoms with Crippen LogP contribution in [-0.2, 0) is 0 Å². The van der Waals surface area contributed by atoms with E-state index in [4.69, 9.17) is 0 Å². The van der Waals surface area contributed by atoms with Crippen LogP contribution in [-0.4, -0.2) is 43.0 Å². The molecular weight excluding hydrogens is 362 g/mol. The largest absolute Gasteiger partial charge is 0.340 e. The van der Waals surface area contributed by atoms with Crippen LogP contribution in [0, 0.1) is 0 Å². The van der Waals surface area contributed by atoms with Crippen LogP contribution in [0.4, 0.5) is 0 Å². The number of halogens is 1. The molecule has 0 atom stereocenters. The van der Waals surface area contributed by atoms with E-state index in [0.29, 0.717) is 12.1 Å². The van der Waals surface area contributed by atoms with Crippen molar-refractivity contribution in [1.82, 2.24) is 15.2 Å². The molecule has 1 aromatic heterocycles. The van der Waals surface area contributed by atoms with Gasteiger partial charge in [0.25, 0.3) is 5.91 Å². The van der Waals surface area contributed by atoms with Gasteiger partial charge >= 0.3 is 0 Å². The first-order valence-corrected chi connectivity index (χ1v) is 8.51. The molecule has 0 radical (unpaired) electrons. The van der Waals surface area contributed by atoms with Crippen molar-refractivity contribution in [3.05, 3.63) is 52.6 Å². The van der Waals surface area contributed by atoms with Crippen molar-refractivity contribution in [3.8, 4) is 0 Å². The van der Waals surface area contributed by atoms with Crippen LogP contribution in [0.5, 0.6) is 0 Å². The second-order valence-corrected chi connectivity index (χ2v) is 6.72. The Labute approximate surface area is 143 Å². The number of nitrogens with zero attached hydrogens (tertiary/aromatic N) is 2. The van der Waals surface area contributed by atoms with E-state index in [-0.39, 0.29) is 5.91 Å². The number of nitrogens with one attached hydrogen (secondary N) is 1. The van der Waals surface area contributed by atoms with Crippen LogP contribution in [0.1, 0.15) is 10.4 Å². The molecule has 0 aliphatic carbocycles. The average Bonchev–Trinajstić information content (AvgIpc) is 2.54. The first-order chi connectivity index (χ1) is 10.6. The van der Waals surface area contributed by atoms with Gasteiger partial charge in [0.1, 0.15) is 5.03 Å². The minimum atomic E-state index is 0.0236. The Morgan fingerprint density at radius 1 is 1.32 bits per heavy atom. The number of rotatable bonds is 6. The van der Waals surface area contributed by atoms with Gasteiger partial charge in [-0.2, -0.15) is 0 Å². The molecule has 0 saturated heterocycles. The van der Waals surface area contributed by atoms with Crippen molar-refractivity contribution in [2.45, 2.75) is 9.92 Å². The van der Waals surface area contributed by atoms with E-state index >= 15 is 0 Å². The van der Waals surface area contributed by atoms with Gasteiger partial charge in [0.05, 0.1) is 5.56 Å². The highest BCUT2D eigenvalue weighted by Crippen LogP contribution is 2.30. The number of amides is 1. The van der Waals surface area contributed by atoms with E-state index in [1.807, 2.05) is 50.5 Å². The van der Waals surface area contributed by atoms with Gasteiger partial charge in [-0.15, -0.1) is 0 Å². The average molecular weight is 380 g/mol. The second-order valence-electron chi connectivity index (χ2n) is 4.74. The smallest absolute Gasteiger partial charge is 0.254 e. The summed E-state index contributed by atoms with van der Waals surface area (Å²) in [5.74, 6) is 0.0236. The van der Waals surface area contributed by atoms with E-state index in [2.05, 4.69) is 26.2 Å². The molecule has 1 amide bonds. The Balaban J connectivity index is 2.19. The first kappa shape index (κ1) is 17.0. The van der Waals surface area contributed by atoms with Gasteiger partial charge in [-0.3, -0.25) is 4.79 Å². The predicted octanol–water partition coefficient (Wildman–Crippen LogP) is 3.29. The Morgan fingerprint density at radius 2 is 2.09 bits per heavy atom. The summed E-state index contributed by atoms with van der Waals surface area (Å²) >= 11 is 4.87. The topological polar surface area (TPSA) is 45.2 Å². The van der Waals surface area contributed by atoms with Crippen molar-refractivity contribution < 1.29 is 4.79 Å². The van der Waals surface area contributed by atoms with Crippen LogP contribution in [0.2, 0.25) is 0 Å². The Morgan fingerprint density at radius 3 is 2.77 bits per heavy atom. The van der Waals surface area contributed by atoms with Crippen LogP contribution in [0.25, 0.3) is 0 Å². The van der Waals surface area contributed by atoms with Gasteiger partial charge in [0.2, 0.25) is 0 Å². The van der Waals surface area contributed by atoms with Crippen LogP contribution >= 0.6 is 27.7 Å². The number of pyridine rings is 1. The molecule has 2 rings (SSSR count). The molecule has 1 N–H and O–H groups in total. The van der Waals surface area contributed by atoms with Crippen LogP contribution < -0.4 is 5.32 Å². The van der Waals surface area contributed by atoms with Crippen molar-refractivity contribution in [2.24, 2.45) is 0 Å². The molecule has 116 valence electrons. The van der Waals surface area contributed by atoms with Gasteiger partial charge in [-0.25, -0.2) is 4.98 Å². The lowest BCUT2D eigenvalue weighted by atomic mass is 10.2. The monoisotopic (exact) mass is 379 g/mol. The summed E-state index contributed by atoms with van der Waals surface area (Å²) in [6, 6.07) is 11.5. The van der Waals surface area contributed by atoms with E-state index in [0.717, 1.165) is 20.9 Å². The third-order valence-corrected chi connectivity index (χ3v) is 4.57. The summed E-state index contributed by atoms with van der Waals surface area (Å²) in [4.78, 5) is 19.6. The quantitative estimate of drug-likeness (QED) is 0.836.